The maximum absolute atomic E-state index is 12.9. The van der Waals surface area contributed by atoms with Gasteiger partial charge in [-0.15, -0.1) is 0 Å². The molecule has 4 rings (SSSR count). The van der Waals surface area contributed by atoms with Crippen LogP contribution in [0.2, 0.25) is 5.02 Å². The third-order valence-corrected chi connectivity index (χ3v) is 6.87. The lowest BCUT2D eigenvalue weighted by Crippen LogP contribution is -2.43. The monoisotopic (exact) mass is 495 g/mol. The van der Waals surface area contributed by atoms with Gasteiger partial charge >= 0.3 is 12.2 Å². The minimum absolute atomic E-state index is 0.0319. The molecule has 1 saturated heterocycles. The van der Waals surface area contributed by atoms with Crippen LogP contribution in [0.25, 0.3) is 0 Å². The third kappa shape index (κ3) is 6.16. The Hall–Kier alpha value is -2.45. The highest BCUT2D eigenvalue weighted by Crippen LogP contribution is 2.36. The van der Waals surface area contributed by atoms with Crippen molar-refractivity contribution in [1.82, 2.24) is 9.80 Å². The fraction of sp³-hybridized carbons (Fsp3) is 0.480. The van der Waals surface area contributed by atoms with E-state index in [0.29, 0.717) is 17.3 Å². The fourth-order valence-electron chi connectivity index (χ4n) is 4.51. The van der Waals surface area contributed by atoms with Gasteiger partial charge in [-0.25, -0.2) is 4.79 Å². The Morgan fingerprint density at radius 1 is 1.18 bits per heavy atom. The summed E-state index contributed by atoms with van der Waals surface area (Å²) in [4.78, 5) is 16.3. The summed E-state index contributed by atoms with van der Waals surface area (Å²) in [5.74, 6) is 0.950. The van der Waals surface area contributed by atoms with Gasteiger partial charge in [0.15, 0.2) is 0 Å². The molecule has 0 radical (unpaired) electrons. The van der Waals surface area contributed by atoms with E-state index in [1.807, 2.05) is 18.2 Å². The molecule has 2 aliphatic rings. The minimum Gasteiger partial charge on any atom is -0.489 e. The molecule has 5 nitrogen and oxygen atoms in total. The molecule has 2 amide bonds. The van der Waals surface area contributed by atoms with Crippen molar-refractivity contribution in [3.05, 3.63) is 58.6 Å². The van der Waals surface area contributed by atoms with Gasteiger partial charge in [0.2, 0.25) is 0 Å². The molecule has 1 saturated carbocycles. The first-order valence-electron chi connectivity index (χ1n) is 11.5. The molecule has 2 fully saturated rings. The van der Waals surface area contributed by atoms with Gasteiger partial charge in [0.25, 0.3) is 0 Å². The van der Waals surface area contributed by atoms with E-state index in [-0.39, 0.29) is 17.7 Å². The summed E-state index contributed by atoms with van der Waals surface area (Å²) < 4.78 is 44.7. The number of hydrogen-bond donors (Lipinski definition) is 1. The van der Waals surface area contributed by atoms with Gasteiger partial charge in [0.05, 0.1) is 16.7 Å². The van der Waals surface area contributed by atoms with Crippen molar-refractivity contribution in [1.29, 1.82) is 0 Å². The lowest BCUT2D eigenvalue weighted by Gasteiger charge is -2.37. The zero-order chi connectivity index (χ0) is 24.3. The average molecular weight is 496 g/mol. The van der Waals surface area contributed by atoms with Gasteiger partial charge in [-0.1, -0.05) is 29.8 Å². The third-order valence-electron chi connectivity index (χ3n) is 6.44. The van der Waals surface area contributed by atoms with Crippen molar-refractivity contribution in [3.8, 4) is 5.75 Å². The van der Waals surface area contributed by atoms with Crippen LogP contribution in [0.5, 0.6) is 5.75 Å². The zero-order valence-electron chi connectivity index (χ0n) is 19.1. The quantitative estimate of drug-likeness (QED) is 0.492. The maximum Gasteiger partial charge on any atom is 0.416 e. The fourth-order valence-corrected chi connectivity index (χ4v) is 4.74. The minimum atomic E-state index is -4.45. The number of ether oxygens (including phenoxy) is 1. The number of nitrogens with one attached hydrogen (secondary N) is 1. The molecule has 1 aliphatic carbocycles. The number of hydrogen-bond acceptors (Lipinski definition) is 3. The lowest BCUT2D eigenvalue weighted by atomic mass is 9.82. The summed E-state index contributed by atoms with van der Waals surface area (Å²) in [5.41, 5.74) is 0.392. The van der Waals surface area contributed by atoms with Crippen molar-refractivity contribution < 1.29 is 22.7 Å². The molecule has 0 spiro atoms. The number of anilines is 1. The van der Waals surface area contributed by atoms with E-state index < -0.39 is 17.8 Å². The van der Waals surface area contributed by atoms with Crippen LogP contribution in [0.1, 0.15) is 36.8 Å². The Balaban J connectivity index is 1.24. The van der Waals surface area contributed by atoms with E-state index in [0.717, 1.165) is 50.2 Å². The van der Waals surface area contributed by atoms with Gasteiger partial charge in [0, 0.05) is 25.8 Å². The number of alkyl halides is 3. The molecule has 2 aromatic carbocycles. The Kier molecular flexibility index (Phi) is 7.57. The summed E-state index contributed by atoms with van der Waals surface area (Å²) in [6.45, 7) is 3.52. The van der Waals surface area contributed by atoms with E-state index in [9.17, 15) is 18.0 Å². The van der Waals surface area contributed by atoms with Crippen LogP contribution in [0, 0.1) is 5.92 Å². The molecule has 0 aromatic heterocycles. The molecule has 1 N–H and O–H groups in total. The van der Waals surface area contributed by atoms with E-state index in [1.165, 1.54) is 29.9 Å². The van der Waals surface area contributed by atoms with Crippen molar-refractivity contribution in [2.45, 2.75) is 44.5 Å². The number of halogens is 4. The number of carbonyl (C=O) groups excluding carboxylic acids is 1. The van der Waals surface area contributed by atoms with Crippen molar-refractivity contribution in [2.24, 2.45) is 5.92 Å². The normalized spacial score (nSPS) is 20.6. The SMILES string of the molecule is CN(CC1CC(Oc2cccc(CN3CCCC3)c2Cl)C1)C(=O)Nc1cccc(C(F)(F)F)c1. The lowest BCUT2D eigenvalue weighted by molar-refractivity contribution is -0.137. The van der Waals surface area contributed by atoms with Crippen LogP contribution < -0.4 is 10.1 Å². The van der Waals surface area contributed by atoms with E-state index in [2.05, 4.69) is 10.2 Å². The standard InChI is InChI=1S/C25H29ClF3N3O2/c1-31(24(33)30-20-8-5-7-19(14-20)25(27,28)29)15-17-12-21(13-17)34-22-9-4-6-18(23(22)26)16-32-10-2-3-11-32/h4-9,14,17,21H,2-3,10-13,15-16H2,1H3,(H,30,33). The number of carbonyl (C=O) groups is 1. The number of likely N-dealkylation sites (tertiary alicyclic amines) is 1. The van der Waals surface area contributed by atoms with Gasteiger partial charge in [-0.3, -0.25) is 4.90 Å². The topological polar surface area (TPSA) is 44.8 Å². The van der Waals surface area contributed by atoms with E-state index in [4.69, 9.17) is 16.3 Å². The van der Waals surface area contributed by atoms with Crippen LogP contribution in [0.4, 0.5) is 23.7 Å². The summed E-state index contributed by atoms with van der Waals surface area (Å²) in [6, 6.07) is 10.1. The first-order valence-corrected chi connectivity index (χ1v) is 11.9. The summed E-state index contributed by atoms with van der Waals surface area (Å²) in [7, 11) is 1.63. The number of benzene rings is 2. The summed E-state index contributed by atoms with van der Waals surface area (Å²) in [5, 5.41) is 3.20. The summed E-state index contributed by atoms with van der Waals surface area (Å²) in [6.07, 6.45) is -0.399. The van der Waals surface area contributed by atoms with Crippen LogP contribution in [-0.4, -0.2) is 48.6 Å². The predicted molar refractivity (Wildman–Crippen MR) is 126 cm³/mol. The van der Waals surface area contributed by atoms with E-state index in [1.54, 1.807) is 7.05 Å². The molecule has 184 valence electrons. The highest BCUT2D eigenvalue weighted by atomic mass is 35.5. The molecule has 0 bridgehead atoms. The van der Waals surface area contributed by atoms with Crippen LogP contribution in [-0.2, 0) is 12.7 Å². The van der Waals surface area contributed by atoms with Crippen molar-refractivity contribution >= 4 is 23.3 Å². The Bertz CT molecular complexity index is 1010. The molecular weight excluding hydrogens is 467 g/mol. The first-order chi connectivity index (χ1) is 16.2. The summed E-state index contributed by atoms with van der Waals surface area (Å²) >= 11 is 6.61. The second-order valence-corrected chi connectivity index (χ2v) is 9.56. The Morgan fingerprint density at radius 3 is 2.59 bits per heavy atom. The average Bonchev–Trinajstić information content (AvgIpc) is 3.27. The van der Waals surface area contributed by atoms with Crippen LogP contribution in [0.3, 0.4) is 0 Å². The zero-order valence-corrected chi connectivity index (χ0v) is 19.8. The van der Waals surface area contributed by atoms with Gasteiger partial charge in [-0.2, -0.15) is 13.2 Å². The Labute approximate surface area is 202 Å². The largest absolute Gasteiger partial charge is 0.489 e. The predicted octanol–water partition coefficient (Wildman–Crippen LogP) is 6.28. The molecular formula is C25H29ClF3N3O2. The van der Waals surface area contributed by atoms with Crippen LogP contribution in [0.15, 0.2) is 42.5 Å². The molecule has 0 atom stereocenters. The molecule has 9 heteroatoms. The van der Waals surface area contributed by atoms with Crippen molar-refractivity contribution in [2.75, 3.05) is 32.0 Å². The molecule has 1 aliphatic heterocycles. The molecule has 34 heavy (non-hydrogen) atoms. The van der Waals surface area contributed by atoms with Crippen LogP contribution >= 0.6 is 11.6 Å². The second kappa shape index (κ2) is 10.4. The maximum atomic E-state index is 12.9. The number of amides is 2. The highest BCUT2D eigenvalue weighted by molar-refractivity contribution is 6.32. The number of urea groups is 1. The molecule has 2 aromatic rings. The number of rotatable bonds is 7. The Morgan fingerprint density at radius 2 is 1.88 bits per heavy atom. The first kappa shape index (κ1) is 24.7. The smallest absolute Gasteiger partial charge is 0.416 e. The van der Waals surface area contributed by atoms with Crippen molar-refractivity contribution in [3.63, 3.8) is 0 Å². The highest BCUT2D eigenvalue weighted by Gasteiger charge is 2.33. The van der Waals surface area contributed by atoms with Gasteiger partial charge in [-0.05, 0) is 74.5 Å². The molecule has 0 unspecified atom stereocenters. The van der Waals surface area contributed by atoms with E-state index >= 15 is 0 Å². The number of nitrogens with zero attached hydrogens (tertiary/aromatic N) is 2. The second-order valence-electron chi connectivity index (χ2n) is 9.18. The van der Waals surface area contributed by atoms with Gasteiger partial charge < -0.3 is 15.0 Å². The molecule has 1 heterocycles. The van der Waals surface area contributed by atoms with Gasteiger partial charge in [0.1, 0.15) is 5.75 Å².